The maximum absolute atomic E-state index is 8.91. The van der Waals surface area contributed by atoms with Crippen molar-refractivity contribution in [1.29, 1.82) is 5.26 Å². The van der Waals surface area contributed by atoms with Gasteiger partial charge in [-0.05, 0) is 41.7 Å². The highest BCUT2D eigenvalue weighted by molar-refractivity contribution is 5.37. The summed E-state index contributed by atoms with van der Waals surface area (Å²) in [6.07, 6.45) is 1.09. The predicted octanol–water partition coefficient (Wildman–Crippen LogP) is 4.65. The van der Waals surface area contributed by atoms with Gasteiger partial charge in [-0.25, -0.2) is 0 Å². The fraction of sp³-hybridized carbons (Fsp3) is 0.278. The van der Waals surface area contributed by atoms with Crippen LogP contribution in [0.5, 0.6) is 5.75 Å². The van der Waals surface area contributed by atoms with Crippen LogP contribution in [0.15, 0.2) is 48.5 Å². The molecule has 0 radical (unpaired) electrons. The first-order chi connectivity index (χ1) is 9.74. The molecule has 0 aromatic heterocycles. The van der Waals surface area contributed by atoms with E-state index in [0.29, 0.717) is 18.1 Å². The molecule has 102 valence electrons. The Kier molecular flexibility index (Phi) is 4.79. The molecule has 0 spiro atoms. The van der Waals surface area contributed by atoms with E-state index in [2.05, 4.69) is 26.0 Å². The number of hydrogen-bond acceptors (Lipinski definition) is 2. The van der Waals surface area contributed by atoms with Crippen molar-refractivity contribution in [3.8, 4) is 11.8 Å². The zero-order chi connectivity index (χ0) is 14.4. The van der Waals surface area contributed by atoms with Gasteiger partial charge in [0.25, 0.3) is 0 Å². The SMILES string of the molecule is CCC(C)c1ccccc1OCc1cccc(C#N)c1. The fourth-order valence-electron chi connectivity index (χ4n) is 2.13. The third-order valence-electron chi connectivity index (χ3n) is 3.51. The molecule has 2 nitrogen and oxygen atoms in total. The highest BCUT2D eigenvalue weighted by Gasteiger charge is 2.09. The first-order valence-corrected chi connectivity index (χ1v) is 6.95. The minimum Gasteiger partial charge on any atom is -0.489 e. The highest BCUT2D eigenvalue weighted by Crippen LogP contribution is 2.28. The minimum atomic E-state index is 0.483. The number of benzene rings is 2. The van der Waals surface area contributed by atoms with Gasteiger partial charge in [0, 0.05) is 0 Å². The molecule has 0 amide bonds. The van der Waals surface area contributed by atoms with Gasteiger partial charge >= 0.3 is 0 Å². The molecule has 0 saturated carbocycles. The van der Waals surface area contributed by atoms with E-state index in [0.717, 1.165) is 17.7 Å². The van der Waals surface area contributed by atoms with Crippen LogP contribution in [-0.2, 0) is 6.61 Å². The maximum Gasteiger partial charge on any atom is 0.123 e. The molecule has 0 heterocycles. The minimum absolute atomic E-state index is 0.483. The summed E-state index contributed by atoms with van der Waals surface area (Å²) in [5, 5.41) is 8.91. The molecule has 2 aromatic carbocycles. The van der Waals surface area contributed by atoms with Crippen LogP contribution >= 0.6 is 0 Å². The lowest BCUT2D eigenvalue weighted by molar-refractivity contribution is 0.301. The Morgan fingerprint density at radius 2 is 1.95 bits per heavy atom. The van der Waals surface area contributed by atoms with Crippen molar-refractivity contribution in [2.45, 2.75) is 32.8 Å². The molecule has 0 saturated heterocycles. The number of hydrogen-bond donors (Lipinski definition) is 0. The molecule has 0 N–H and O–H groups in total. The summed E-state index contributed by atoms with van der Waals surface area (Å²) in [5.41, 5.74) is 2.93. The summed E-state index contributed by atoms with van der Waals surface area (Å²) in [6, 6.07) is 17.9. The third kappa shape index (κ3) is 3.39. The van der Waals surface area contributed by atoms with Gasteiger partial charge < -0.3 is 4.74 Å². The lowest BCUT2D eigenvalue weighted by atomic mass is 9.98. The van der Waals surface area contributed by atoms with Gasteiger partial charge in [-0.2, -0.15) is 5.26 Å². The molecule has 2 aromatic rings. The summed E-state index contributed by atoms with van der Waals surface area (Å²) < 4.78 is 5.94. The first-order valence-electron chi connectivity index (χ1n) is 6.95. The molecule has 0 aliphatic rings. The standard InChI is InChI=1S/C18H19NO/c1-3-14(2)17-9-4-5-10-18(17)20-13-16-8-6-7-15(11-16)12-19/h4-11,14H,3,13H2,1-2H3. The third-order valence-corrected chi connectivity index (χ3v) is 3.51. The van der Waals surface area contributed by atoms with Crippen LogP contribution in [0.2, 0.25) is 0 Å². The van der Waals surface area contributed by atoms with E-state index >= 15 is 0 Å². The van der Waals surface area contributed by atoms with Crippen molar-refractivity contribution < 1.29 is 4.74 Å². The highest BCUT2D eigenvalue weighted by atomic mass is 16.5. The van der Waals surface area contributed by atoms with Crippen molar-refractivity contribution in [2.75, 3.05) is 0 Å². The van der Waals surface area contributed by atoms with E-state index < -0.39 is 0 Å². The van der Waals surface area contributed by atoms with E-state index in [-0.39, 0.29) is 0 Å². The van der Waals surface area contributed by atoms with Crippen LogP contribution in [-0.4, -0.2) is 0 Å². The largest absolute Gasteiger partial charge is 0.489 e. The lowest BCUT2D eigenvalue weighted by Gasteiger charge is -2.15. The number of para-hydroxylation sites is 1. The summed E-state index contributed by atoms with van der Waals surface area (Å²) in [7, 11) is 0. The molecule has 0 aliphatic carbocycles. The van der Waals surface area contributed by atoms with E-state index in [1.54, 1.807) is 6.07 Å². The van der Waals surface area contributed by atoms with Crippen LogP contribution in [0, 0.1) is 11.3 Å². The number of nitriles is 1. The first kappa shape index (κ1) is 14.1. The molecule has 0 fully saturated rings. The van der Waals surface area contributed by atoms with Gasteiger partial charge in [-0.15, -0.1) is 0 Å². The molecule has 20 heavy (non-hydrogen) atoms. The van der Waals surface area contributed by atoms with Gasteiger partial charge in [0.2, 0.25) is 0 Å². The number of rotatable bonds is 5. The molecular formula is C18H19NO. The van der Waals surface area contributed by atoms with Crippen LogP contribution in [0.25, 0.3) is 0 Å². The average molecular weight is 265 g/mol. The molecule has 1 unspecified atom stereocenters. The second-order valence-corrected chi connectivity index (χ2v) is 4.95. The van der Waals surface area contributed by atoms with Crippen molar-refractivity contribution in [1.82, 2.24) is 0 Å². The van der Waals surface area contributed by atoms with E-state index in [1.807, 2.05) is 36.4 Å². The average Bonchev–Trinajstić information content (AvgIpc) is 2.52. The Bertz CT molecular complexity index is 613. The van der Waals surface area contributed by atoms with Gasteiger partial charge in [-0.3, -0.25) is 0 Å². The van der Waals surface area contributed by atoms with Crippen LogP contribution in [0.1, 0.15) is 42.9 Å². The molecule has 1 atom stereocenters. The number of ether oxygens (including phenoxy) is 1. The molecule has 2 heteroatoms. The molecule has 0 aliphatic heterocycles. The fourth-order valence-corrected chi connectivity index (χ4v) is 2.13. The quantitative estimate of drug-likeness (QED) is 0.788. The zero-order valence-corrected chi connectivity index (χ0v) is 12.0. The van der Waals surface area contributed by atoms with Gasteiger partial charge in [-0.1, -0.05) is 44.2 Å². The van der Waals surface area contributed by atoms with Gasteiger partial charge in [0.05, 0.1) is 11.6 Å². The summed E-state index contributed by atoms with van der Waals surface area (Å²) in [6.45, 7) is 4.87. The van der Waals surface area contributed by atoms with Crippen molar-refractivity contribution >= 4 is 0 Å². The molecule has 0 bridgehead atoms. The maximum atomic E-state index is 8.91. The Hall–Kier alpha value is -2.27. The van der Waals surface area contributed by atoms with Crippen molar-refractivity contribution in [3.05, 3.63) is 65.2 Å². The molecule has 2 rings (SSSR count). The second-order valence-electron chi connectivity index (χ2n) is 4.95. The predicted molar refractivity (Wildman–Crippen MR) is 80.6 cm³/mol. The lowest BCUT2D eigenvalue weighted by Crippen LogP contribution is -2.01. The summed E-state index contributed by atoms with van der Waals surface area (Å²) in [4.78, 5) is 0. The van der Waals surface area contributed by atoms with E-state index in [4.69, 9.17) is 10.00 Å². The zero-order valence-electron chi connectivity index (χ0n) is 12.0. The Balaban J connectivity index is 2.13. The van der Waals surface area contributed by atoms with Crippen LogP contribution < -0.4 is 4.74 Å². The summed E-state index contributed by atoms with van der Waals surface area (Å²) in [5.74, 6) is 1.42. The Morgan fingerprint density at radius 1 is 1.15 bits per heavy atom. The smallest absolute Gasteiger partial charge is 0.123 e. The Labute approximate surface area is 120 Å². The van der Waals surface area contributed by atoms with Crippen LogP contribution in [0.4, 0.5) is 0 Å². The summed E-state index contributed by atoms with van der Waals surface area (Å²) >= 11 is 0. The second kappa shape index (κ2) is 6.77. The van der Waals surface area contributed by atoms with E-state index in [9.17, 15) is 0 Å². The molecular weight excluding hydrogens is 246 g/mol. The number of nitrogens with zero attached hydrogens (tertiary/aromatic N) is 1. The van der Waals surface area contributed by atoms with Gasteiger partial charge in [0.1, 0.15) is 12.4 Å². The van der Waals surface area contributed by atoms with Gasteiger partial charge in [0.15, 0.2) is 0 Å². The van der Waals surface area contributed by atoms with Crippen LogP contribution in [0.3, 0.4) is 0 Å². The monoisotopic (exact) mass is 265 g/mol. The Morgan fingerprint density at radius 3 is 2.70 bits per heavy atom. The topological polar surface area (TPSA) is 33.0 Å². The normalized spacial score (nSPS) is 11.7. The van der Waals surface area contributed by atoms with Crippen molar-refractivity contribution in [3.63, 3.8) is 0 Å². The van der Waals surface area contributed by atoms with E-state index in [1.165, 1.54) is 5.56 Å². The van der Waals surface area contributed by atoms with Crippen molar-refractivity contribution in [2.24, 2.45) is 0 Å².